The zero-order valence-electron chi connectivity index (χ0n) is 13.5. The smallest absolute Gasteiger partial charge is 0.296 e. The maximum atomic E-state index is 9.77. The SMILES string of the molecule is OCC#CCOc1nc2nc(O[C@@H]3CO[C@H]4[C@@H]3OC[C@H]4O)[nH]c2cc1Cl. The van der Waals surface area contributed by atoms with Gasteiger partial charge in [0.2, 0.25) is 5.88 Å². The fraction of sp³-hybridized carbons (Fsp3) is 0.500. The second kappa shape index (κ2) is 7.26. The molecule has 0 spiro atoms. The molecule has 0 bridgehead atoms. The van der Waals surface area contributed by atoms with Crippen LogP contribution in [0.3, 0.4) is 0 Å². The van der Waals surface area contributed by atoms with Gasteiger partial charge in [-0.1, -0.05) is 23.4 Å². The number of hydrogen-bond donors (Lipinski definition) is 3. The van der Waals surface area contributed by atoms with E-state index in [1.54, 1.807) is 6.07 Å². The number of hydrogen-bond acceptors (Lipinski definition) is 8. The number of aromatic amines is 1. The van der Waals surface area contributed by atoms with Crippen molar-refractivity contribution in [1.82, 2.24) is 15.0 Å². The number of imidazole rings is 1. The highest BCUT2D eigenvalue weighted by molar-refractivity contribution is 6.32. The molecular formula is C16H16ClN3O6. The van der Waals surface area contributed by atoms with E-state index >= 15 is 0 Å². The van der Waals surface area contributed by atoms with Crippen molar-refractivity contribution >= 4 is 22.8 Å². The fourth-order valence-electron chi connectivity index (χ4n) is 2.94. The zero-order valence-corrected chi connectivity index (χ0v) is 14.3. The van der Waals surface area contributed by atoms with Crippen molar-refractivity contribution in [3.63, 3.8) is 0 Å². The highest BCUT2D eigenvalue weighted by Crippen LogP contribution is 2.31. The van der Waals surface area contributed by atoms with Crippen LogP contribution in [0.5, 0.6) is 11.9 Å². The Morgan fingerprint density at radius 2 is 2.12 bits per heavy atom. The Morgan fingerprint density at radius 1 is 1.27 bits per heavy atom. The molecule has 3 N–H and O–H groups in total. The predicted molar refractivity (Wildman–Crippen MR) is 89.2 cm³/mol. The van der Waals surface area contributed by atoms with Gasteiger partial charge in [-0.25, -0.2) is 0 Å². The molecule has 138 valence electrons. The summed E-state index contributed by atoms with van der Waals surface area (Å²) in [6, 6.07) is 1.88. The molecule has 0 radical (unpaired) electrons. The summed E-state index contributed by atoms with van der Waals surface area (Å²) in [5, 5.41) is 18.7. The zero-order chi connectivity index (χ0) is 18.1. The van der Waals surface area contributed by atoms with Crippen LogP contribution in [-0.4, -0.2) is 76.0 Å². The molecule has 4 rings (SSSR count). The van der Waals surface area contributed by atoms with Crippen LogP contribution in [0.15, 0.2) is 6.07 Å². The van der Waals surface area contributed by atoms with E-state index in [1.165, 1.54) is 0 Å². The number of nitrogens with zero attached hydrogens (tertiary/aromatic N) is 2. The van der Waals surface area contributed by atoms with Crippen LogP contribution in [-0.2, 0) is 9.47 Å². The van der Waals surface area contributed by atoms with Gasteiger partial charge < -0.3 is 34.1 Å². The molecule has 2 aromatic rings. The van der Waals surface area contributed by atoms with Gasteiger partial charge in [-0.05, 0) is 6.07 Å². The number of ether oxygens (including phenoxy) is 4. The van der Waals surface area contributed by atoms with Crippen molar-refractivity contribution in [3.05, 3.63) is 11.1 Å². The van der Waals surface area contributed by atoms with Crippen molar-refractivity contribution in [2.75, 3.05) is 26.4 Å². The molecule has 0 saturated carbocycles. The summed E-state index contributed by atoms with van der Waals surface area (Å²) >= 11 is 6.14. The summed E-state index contributed by atoms with van der Waals surface area (Å²) in [5.41, 5.74) is 0.957. The Hall–Kier alpha value is -2.09. The van der Waals surface area contributed by atoms with Crippen LogP contribution in [0, 0.1) is 11.8 Å². The Balaban J connectivity index is 1.49. The number of aromatic nitrogens is 3. The van der Waals surface area contributed by atoms with E-state index in [4.69, 9.17) is 35.7 Å². The largest absolute Gasteiger partial charge is 0.463 e. The molecule has 0 amide bonds. The summed E-state index contributed by atoms with van der Waals surface area (Å²) < 4.78 is 22.2. The Bertz CT molecular complexity index is 863. The Morgan fingerprint density at radius 3 is 2.96 bits per heavy atom. The molecule has 4 atom stereocenters. The highest BCUT2D eigenvalue weighted by Gasteiger charge is 2.48. The number of H-pyrrole nitrogens is 1. The van der Waals surface area contributed by atoms with Gasteiger partial charge in [0.1, 0.15) is 29.9 Å². The number of fused-ring (bicyclic) bond motifs is 2. The molecule has 2 aromatic heterocycles. The lowest BCUT2D eigenvalue weighted by molar-refractivity contribution is 0.00706. The quantitative estimate of drug-likeness (QED) is 0.628. The molecule has 2 fully saturated rings. The number of halogens is 1. The van der Waals surface area contributed by atoms with Crippen LogP contribution in [0.25, 0.3) is 11.2 Å². The van der Waals surface area contributed by atoms with Crippen LogP contribution >= 0.6 is 11.6 Å². The van der Waals surface area contributed by atoms with Gasteiger partial charge in [0.15, 0.2) is 18.4 Å². The Kier molecular flexibility index (Phi) is 4.84. The summed E-state index contributed by atoms with van der Waals surface area (Å²) in [7, 11) is 0. The van der Waals surface area contributed by atoms with Gasteiger partial charge >= 0.3 is 0 Å². The second-order valence-electron chi connectivity index (χ2n) is 5.81. The molecule has 0 aliphatic carbocycles. The van der Waals surface area contributed by atoms with Gasteiger partial charge in [-0.3, -0.25) is 0 Å². The van der Waals surface area contributed by atoms with Gasteiger partial charge in [-0.2, -0.15) is 9.97 Å². The number of aliphatic hydroxyl groups excluding tert-OH is 2. The molecule has 2 saturated heterocycles. The first-order valence-electron chi connectivity index (χ1n) is 7.99. The van der Waals surface area contributed by atoms with E-state index < -0.39 is 6.10 Å². The third-order valence-corrected chi connectivity index (χ3v) is 4.37. The third kappa shape index (κ3) is 3.30. The topological polar surface area (TPSA) is 119 Å². The number of aliphatic hydroxyl groups is 2. The molecule has 9 nitrogen and oxygen atoms in total. The van der Waals surface area contributed by atoms with E-state index in [9.17, 15) is 5.11 Å². The number of rotatable bonds is 4. The molecule has 2 aliphatic heterocycles. The van der Waals surface area contributed by atoms with E-state index in [-0.39, 0.29) is 50.0 Å². The molecule has 2 aliphatic rings. The van der Waals surface area contributed by atoms with Crippen LogP contribution < -0.4 is 9.47 Å². The average molecular weight is 382 g/mol. The van der Waals surface area contributed by atoms with E-state index in [1.807, 2.05) is 0 Å². The molecular weight excluding hydrogens is 366 g/mol. The Labute approximate surface area is 153 Å². The maximum absolute atomic E-state index is 9.77. The lowest BCUT2D eigenvalue weighted by Crippen LogP contribution is -2.34. The summed E-state index contributed by atoms with van der Waals surface area (Å²) in [6.45, 7) is 0.341. The molecule has 26 heavy (non-hydrogen) atoms. The van der Waals surface area contributed by atoms with E-state index in [0.717, 1.165) is 0 Å². The predicted octanol–water partition coefficient (Wildman–Crippen LogP) is -0.108. The van der Waals surface area contributed by atoms with Gasteiger partial charge in [0, 0.05) is 0 Å². The van der Waals surface area contributed by atoms with Crippen LogP contribution in [0.1, 0.15) is 0 Å². The lowest BCUT2D eigenvalue weighted by atomic mass is 10.1. The first kappa shape index (κ1) is 17.3. The van der Waals surface area contributed by atoms with Gasteiger partial charge in [-0.15, -0.1) is 0 Å². The first-order valence-corrected chi connectivity index (χ1v) is 8.37. The monoisotopic (exact) mass is 381 g/mol. The van der Waals surface area contributed by atoms with Crippen molar-refractivity contribution in [1.29, 1.82) is 0 Å². The minimum absolute atomic E-state index is 0.0503. The average Bonchev–Trinajstić information content (AvgIpc) is 3.29. The van der Waals surface area contributed by atoms with Crippen LogP contribution in [0.4, 0.5) is 0 Å². The van der Waals surface area contributed by atoms with E-state index in [2.05, 4.69) is 26.8 Å². The van der Waals surface area contributed by atoms with Gasteiger partial charge in [0.05, 0.1) is 18.7 Å². The minimum atomic E-state index is -0.640. The number of nitrogens with one attached hydrogen (secondary N) is 1. The fourth-order valence-corrected chi connectivity index (χ4v) is 3.14. The molecule has 4 heterocycles. The maximum Gasteiger partial charge on any atom is 0.296 e. The first-order chi connectivity index (χ1) is 12.7. The normalized spacial score (nSPS) is 27.2. The van der Waals surface area contributed by atoms with E-state index in [0.29, 0.717) is 22.8 Å². The third-order valence-electron chi connectivity index (χ3n) is 4.10. The van der Waals surface area contributed by atoms with Gasteiger partial charge in [0.25, 0.3) is 6.01 Å². The molecule has 0 aromatic carbocycles. The van der Waals surface area contributed by atoms with Crippen molar-refractivity contribution in [3.8, 4) is 23.7 Å². The number of pyridine rings is 1. The molecule has 10 heteroatoms. The second-order valence-corrected chi connectivity index (χ2v) is 6.22. The van der Waals surface area contributed by atoms with Crippen molar-refractivity contribution in [2.24, 2.45) is 0 Å². The highest BCUT2D eigenvalue weighted by atomic mass is 35.5. The minimum Gasteiger partial charge on any atom is -0.463 e. The standard InChI is InChI=1S/C16H16ClN3O6/c17-8-5-9-14(19-15(8)23-4-2-1-3-21)20-16(18-9)26-11-7-25-12-10(22)6-24-13(11)12/h5,10-13,21-22H,3-4,6-7H2,(H,18,19,20)/t10-,11-,12-,13-/m1/s1. The molecule has 0 unspecified atom stereocenters. The lowest BCUT2D eigenvalue weighted by Gasteiger charge is -2.15. The summed E-state index contributed by atoms with van der Waals surface area (Å²) in [4.78, 5) is 11.5. The van der Waals surface area contributed by atoms with Crippen LogP contribution in [0.2, 0.25) is 5.02 Å². The van der Waals surface area contributed by atoms with Crippen molar-refractivity contribution < 1.29 is 29.2 Å². The summed E-state index contributed by atoms with van der Waals surface area (Å²) in [6.07, 6.45) is -1.73. The summed E-state index contributed by atoms with van der Waals surface area (Å²) in [5.74, 6) is 5.27. The van der Waals surface area contributed by atoms with Crippen molar-refractivity contribution in [2.45, 2.75) is 24.4 Å².